The highest BCUT2D eigenvalue weighted by Crippen LogP contribution is 2.67. The summed E-state index contributed by atoms with van der Waals surface area (Å²) in [6.07, 6.45) is 11.1. The van der Waals surface area contributed by atoms with E-state index in [0.29, 0.717) is 17.8 Å². The first-order valence-corrected chi connectivity index (χ1v) is 10.4. The van der Waals surface area contributed by atoms with Crippen LogP contribution in [0.1, 0.15) is 72.1 Å². The second-order valence-corrected chi connectivity index (χ2v) is 10.0. The van der Waals surface area contributed by atoms with E-state index in [1.165, 1.54) is 24.8 Å². The van der Waals surface area contributed by atoms with Crippen molar-refractivity contribution >= 4 is 5.97 Å². The minimum Gasteiger partial charge on any atom is -0.481 e. The molecule has 3 nitrogen and oxygen atoms in total. The van der Waals surface area contributed by atoms with Crippen LogP contribution in [0.5, 0.6) is 0 Å². The molecule has 0 spiro atoms. The molecule has 0 aromatic heterocycles. The van der Waals surface area contributed by atoms with Gasteiger partial charge in [-0.25, -0.2) is 0 Å². The number of aliphatic hydroxyl groups is 1. The molecule has 0 amide bonds. The van der Waals surface area contributed by atoms with E-state index in [2.05, 4.69) is 19.9 Å². The number of hydrogen-bond acceptors (Lipinski definition) is 2. The maximum Gasteiger partial charge on any atom is 0.306 e. The molecule has 0 aliphatic heterocycles. The van der Waals surface area contributed by atoms with Crippen molar-refractivity contribution in [3.63, 3.8) is 0 Å². The highest BCUT2D eigenvalue weighted by molar-refractivity contribution is 5.70. The molecular formula is C22H34O3. The fraction of sp³-hybridized carbons (Fsp3) is 0.864. The Balaban J connectivity index is 1.63. The highest BCUT2D eigenvalue weighted by Gasteiger charge is 2.59. The zero-order valence-electron chi connectivity index (χ0n) is 16.0. The summed E-state index contributed by atoms with van der Waals surface area (Å²) >= 11 is 0. The second-order valence-electron chi connectivity index (χ2n) is 10.0. The molecule has 8 atom stereocenters. The molecule has 0 heterocycles. The van der Waals surface area contributed by atoms with Gasteiger partial charge in [0.25, 0.3) is 0 Å². The summed E-state index contributed by atoms with van der Waals surface area (Å²) in [7, 11) is 0. The molecule has 2 N–H and O–H groups in total. The molecule has 4 aliphatic rings. The van der Waals surface area contributed by atoms with E-state index >= 15 is 0 Å². The van der Waals surface area contributed by atoms with Gasteiger partial charge >= 0.3 is 5.97 Å². The first-order chi connectivity index (χ1) is 11.8. The molecule has 0 aromatic carbocycles. The van der Waals surface area contributed by atoms with Crippen molar-refractivity contribution in [1.82, 2.24) is 0 Å². The Labute approximate surface area is 151 Å². The van der Waals surface area contributed by atoms with Crippen molar-refractivity contribution in [2.45, 2.75) is 78.2 Å². The van der Waals surface area contributed by atoms with Crippen LogP contribution in [-0.2, 0) is 4.79 Å². The van der Waals surface area contributed by atoms with E-state index in [4.69, 9.17) is 0 Å². The van der Waals surface area contributed by atoms with Gasteiger partial charge in [0.2, 0.25) is 0 Å². The largest absolute Gasteiger partial charge is 0.481 e. The predicted octanol–water partition coefficient (Wildman–Crippen LogP) is 4.65. The van der Waals surface area contributed by atoms with Gasteiger partial charge in [0.05, 0.1) is 12.0 Å². The smallest absolute Gasteiger partial charge is 0.306 e. The first kappa shape index (κ1) is 17.6. The molecule has 3 fully saturated rings. The minimum atomic E-state index is -0.618. The van der Waals surface area contributed by atoms with Crippen LogP contribution in [0.4, 0.5) is 0 Å². The van der Waals surface area contributed by atoms with Crippen LogP contribution in [0.15, 0.2) is 11.6 Å². The number of carboxylic acid groups (broad SMARTS) is 1. The Bertz CT molecular complexity index is 596. The number of aliphatic hydroxyl groups excluding tert-OH is 1. The molecule has 3 saturated carbocycles. The Kier molecular flexibility index (Phi) is 4.10. The highest BCUT2D eigenvalue weighted by atomic mass is 16.4. The first-order valence-electron chi connectivity index (χ1n) is 10.4. The second kappa shape index (κ2) is 5.84. The number of allylic oxidation sites excluding steroid dienone is 1. The number of hydrogen-bond donors (Lipinski definition) is 2. The molecule has 0 radical (unpaired) electrons. The molecule has 3 heteroatoms. The molecule has 0 saturated heterocycles. The van der Waals surface area contributed by atoms with Crippen molar-refractivity contribution in [3.8, 4) is 0 Å². The van der Waals surface area contributed by atoms with Gasteiger partial charge in [0, 0.05) is 0 Å². The lowest BCUT2D eigenvalue weighted by Gasteiger charge is -2.58. The van der Waals surface area contributed by atoms with Crippen LogP contribution < -0.4 is 0 Å². The summed E-state index contributed by atoms with van der Waals surface area (Å²) in [4.78, 5) is 11.6. The van der Waals surface area contributed by atoms with E-state index in [1.54, 1.807) is 0 Å². The van der Waals surface area contributed by atoms with Crippen LogP contribution in [0, 0.1) is 40.4 Å². The number of fused-ring (bicyclic) bond motifs is 5. The standard InChI is InChI=1S/C22H34O3/c1-13(20(24)25)17-6-7-18-16-5-4-14-12-15(23)8-10-21(14,2)19(16)9-11-22(17,18)3/h4,13,15-19,23H,5-12H2,1-3H3,(H,24,25)/t13?,15?,16?,17?,18?,19?,21-,22-/m1/s1. The van der Waals surface area contributed by atoms with Gasteiger partial charge in [-0.15, -0.1) is 0 Å². The van der Waals surface area contributed by atoms with Gasteiger partial charge in [-0.05, 0) is 85.9 Å². The molecular weight excluding hydrogens is 312 g/mol. The van der Waals surface area contributed by atoms with Gasteiger partial charge in [-0.1, -0.05) is 32.4 Å². The zero-order valence-corrected chi connectivity index (χ0v) is 16.0. The SMILES string of the molecule is CC(C(=O)O)C1CCC2C3CC=C4CC(O)CC[C@@]4(C)C3CC[C@]12C. The lowest BCUT2D eigenvalue weighted by molar-refractivity contribution is -0.146. The van der Waals surface area contributed by atoms with Crippen molar-refractivity contribution in [3.05, 3.63) is 11.6 Å². The fourth-order valence-electron chi connectivity index (χ4n) is 7.68. The van der Waals surface area contributed by atoms with Crippen LogP contribution in [0.2, 0.25) is 0 Å². The Morgan fingerprint density at radius 3 is 2.64 bits per heavy atom. The average molecular weight is 347 g/mol. The van der Waals surface area contributed by atoms with Crippen LogP contribution in [-0.4, -0.2) is 22.3 Å². The molecule has 4 aliphatic carbocycles. The Morgan fingerprint density at radius 1 is 1.16 bits per heavy atom. The van der Waals surface area contributed by atoms with Gasteiger partial charge in [-0.2, -0.15) is 0 Å². The lowest BCUT2D eigenvalue weighted by atomic mass is 9.47. The Hall–Kier alpha value is -0.830. The minimum absolute atomic E-state index is 0.142. The third kappa shape index (κ3) is 2.44. The fourth-order valence-corrected chi connectivity index (χ4v) is 7.68. The van der Waals surface area contributed by atoms with E-state index < -0.39 is 5.97 Å². The zero-order chi connectivity index (χ0) is 18.0. The molecule has 140 valence electrons. The van der Waals surface area contributed by atoms with Crippen molar-refractivity contribution < 1.29 is 15.0 Å². The summed E-state index contributed by atoms with van der Waals surface area (Å²) in [5.41, 5.74) is 2.00. The molecule has 0 aromatic rings. The van der Waals surface area contributed by atoms with Crippen LogP contribution >= 0.6 is 0 Å². The summed E-state index contributed by atoms with van der Waals surface area (Å²) in [5.74, 6) is 1.63. The molecule has 4 rings (SSSR count). The maximum absolute atomic E-state index is 11.6. The number of carboxylic acids is 1. The monoisotopic (exact) mass is 346 g/mol. The van der Waals surface area contributed by atoms with Crippen LogP contribution in [0.25, 0.3) is 0 Å². The van der Waals surface area contributed by atoms with Crippen molar-refractivity contribution in [2.24, 2.45) is 40.4 Å². The third-order valence-corrected chi connectivity index (χ3v) is 9.14. The number of rotatable bonds is 2. The Morgan fingerprint density at radius 2 is 1.92 bits per heavy atom. The number of aliphatic carboxylic acids is 1. The van der Waals surface area contributed by atoms with Crippen LogP contribution in [0.3, 0.4) is 0 Å². The van der Waals surface area contributed by atoms with Crippen molar-refractivity contribution in [1.29, 1.82) is 0 Å². The molecule has 6 unspecified atom stereocenters. The molecule has 25 heavy (non-hydrogen) atoms. The summed E-state index contributed by atoms with van der Waals surface area (Å²) in [6.45, 7) is 6.78. The van der Waals surface area contributed by atoms with Gasteiger partial charge < -0.3 is 10.2 Å². The van der Waals surface area contributed by atoms with Gasteiger partial charge in [0.15, 0.2) is 0 Å². The topological polar surface area (TPSA) is 57.5 Å². The van der Waals surface area contributed by atoms with E-state index in [9.17, 15) is 15.0 Å². The number of carbonyl (C=O) groups is 1. The summed E-state index contributed by atoms with van der Waals surface area (Å²) in [5, 5.41) is 19.7. The summed E-state index contributed by atoms with van der Waals surface area (Å²) < 4.78 is 0. The third-order valence-electron chi connectivity index (χ3n) is 9.14. The van der Waals surface area contributed by atoms with Gasteiger partial charge in [0.1, 0.15) is 0 Å². The van der Waals surface area contributed by atoms with Gasteiger partial charge in [-0.3, -0.25) is 4.79 Å². The van der Waals surface area contributed by atoms with E-state index in [-0.39, 0.29) is 22.9 Å². The predicted molar refractivity (Wildman–Crippen MR) is 98.0 cm³/mol. The molecule has 0 bridgehead atoms. The van der Waals surface area contributed by atoms with Crippen molar-refractivity contribution in [2.75, 3.05) is 0 Å². The summed E-state index contributed by atoms with van der Waals surface area (Å²) in [6, 6.07) is 0. The average Bonchev–Trinajstić information content (AvgIpc) is 2.92. The lowest BCUT2D eigenvalue weighted by Crippen LogP contribution is -2.51. The maximum atomic E-state index is 11.6. The quantitative estimate of drug-likeness (QED) is 0.716. The van der Waals surface area contributed by atoms with E-state index in [1.807, 2.05) is 6.92 Å². The van der Waals surface area contributed by atoms with E-state index in [0.717, 1.165) is 38.0 Å². The normalized spacial score (nSPS) is 50.2.